The van der Waals surface area contributed by atoms with E-state index in [1.807, 2.05) is 32.1 Å². The van der Waals surface area contributed by atoms with Crippen LogP contribution in [0, 0.1) is 5.92 Å². The van der Waals surface area contributed by atoms with Crippen molar-refractivity contribution in [1.82, 2.24) is 4.31 Å². The fraction of sp³-hybridized carbons (Fsp3) is 0.391. The van der Waals surface area contributed by atoms with Crippen molar-refractivity contribution >= 4 is 21.6 Å². The molecule has 1 unspecified atom stereocenters. The van der Waals surface area contributed by atoms with Crippen molar-refractivity contribution in [3.63, 3.8) is 0 Å². The van der Waals surface area contributed by atoms with Crippen LogP contribution >= 0.6 is 11.6 Å². The molecule has 1 heterocycles. The maximum absolute atomic E-state index is 13.9. The van der Waals surface area contributed by atoms with Gasteiger partial charge in [-0.15, -0.1) is 0 Å². The Balaban J connectivity index is 2.17. The van der Waals surface area contributed by atoms with Crippen LogP contribution < -0.4 is 0 Å². The summed E-state index contributed by atoms with van der Waals surface area (Å²) in [6.07, 6.45) is 12.0. The first-order valence-electron chi connectivity index (χ1n) is 10.3. The average molecular weight is 466 g/mol. The molecule has 3 rings (SSSR count). The van der Waals surface area contributed by atoms with E-state index in [-0.39, 0.29) is 17.4 Å². The van der Waals surface area contributed by atoms with Crippen molar-refractivity contribution in [2.45, 2.75) is 50.1 Å². The van der Waals surface area contributed by atoms with Crippen molar-refractivity contribution in [3.05, 3.63) is 77.6 Å². The summed E-state index contributed by atoms with van der Waals surface area (Å²) in [5.74, 6) is 0.516. The Bertz CT molecular complexity index is 980. The SMILES string of the molecule is CC(C)C[C@H](CO)N(C(C1=CC=CCC1)C1=COC=CO1)S(=O)(=O)c1ccc(Cl)cc1. The molecule has 0 aromatic heterocycles. The van der Waals surface area contributed by atoms with Crippen molar-refractivity contribution in [1.29, 1.82) is 0 Å². The lowest BCUT2D eigenvalue weighted by Crippen LogP contribution is -2.51. The highest BCUT2D eigenvalue weighted by Crippen LogP contribution is 2.35. The van der Waals surface area contributed by atoms with Gasteiger partial charge in [0.25, 0.3) is 0 Å². The van der Waals surface area contributed by atoms with Gasteiger partial charge in [0.2, 0.25) is 10.0 Å². The number of rotatable bonds is 9. The van der Waals surface area contributed by atoms with E-state index in [0.29, 0.717) is 23.6 Å². The Labute approximate surface area is 189 Å². The summed E-state index contributed by atoms with van der Waals surface area (Å²) < 4.78 is 40.3. The Morgan fingerprint density at radius 1 is 1.19 bits per heavy atom. The molecule has 0 amide bonds. The number of benzene rings is 1. The lowest BCUT2D eigenvalue weighted by Gasteiger charge is -2.39. The zero-order chi connectivity index (χ0) is 22.4. The van der Waals surface area contributed by atoms with Gasteiger partial charge >= 0.3 is 0 Å². The molecule has 1 N–H and O–H groups in total. The normalized spacial score (nSPS) is 18.3. The van der Waals surface area contributed by atoms with Gasteiger partial charge in [0.1, 0.15) is 24.8 Å². The summed E-state index contributed by atoms with van der Waals surface area (Å²) in [4.78, 5) is 0.101. The fourth-order valence-corrected chi connectivity index (χ4v) is 5.71. The van der Waals surface area contributed by atoms with Gasteiger partial charge in [0.15, 0.2) is 5.76 Å². The minimum atomic E-state index is -4.02. The highest BCUT2D eigenvalue weighted by Gasteiger charge is 2.42. The number of aliphatic hydroxyl groups excluding tert-OH is 1. The smallest absolute Gasteiger partial charge is 0.244 e. The first kappa shape index (κ1) is 23.6. The van der Waals surface area contributed by atoms with Gasteiger partial charge in [-0.2, -0.15) is 4.31 Å². The number of allylic oxidation sites excluding steroid dienone is 3. The van der Waals surface area contributed by atoms with Crippen LogP contribution in [0.4, 0.5) is 0 Å². The molecule has 0 saturated carbocycles. The van der Waals surface area contributed by atoms with E-state index in [9.17, 15) is 13.5 Å². The van der Waals surface area contributed by atoms with Gasteiger partial charge in [-0.05, 0) is 55.0 Å². The van der Waals surface area contributed by atoms with Crippen LogP contribution in [0.2, 0.25) is 5.02 Å². The Kier molecular flexibility index (Phi) is 8.00. The number of nitrogens with zero attached hydrogens (tertiary/aromatic N) is 1. The quantitative estimate of drug-likeness (QED) is 0.570. The van der Waals surface area contributed by atoms with Crippen molar-refractivity contribution in [2.24, 2.45) is 5.92 Å². The zero-order valence-electron chi connectivity index (χ0n) is 17.6. The summed E-state index contributed by atoms with van der Waals surface area (Å²) in [5, 5.41) is 10.7. The standard InChI is InChI=1S/C23H28ClNO5S/c1-17(2)14-20(15-26)25(31(27,28)21-10-8-19(24)9-11-21)23(18-6-4-3-5-7-18)22-16-29-12-13-30-22/h3-4,6,8-13,16-17,20,23,26H,5,7,14-15H2,1-2H3/t20-,23?/m1/s1. The Morgan fingerprint density at radius 3 is 2.48 bits per heavy atom. The van der Waals surface area contributed by atoms with E-state index >= 15 is 0 Å². The van der Waals surface area contributed by atoms with Crippen molar-refractivity contribution in [2.75, 3.05) is 6.61 Å². The molecule has 1 aromatic rings. The van der Waals surface area contributed by atoms with Crippen molar-refractivity contribution < 1.29 is 23.0 Å². The molecular formula is C23H28ClNO5S. The summed E-state index contributed by atoms with van der Waals surface area (Å²) in [6, 6.07) is 4.63. The topological polar surface area (TPSA) is 76.1 Å². The molecule has 0 fully saturated rings. The molecule has 31 heavy (non-hydrogen) atoms. The molecule has 6 nitrogen and oxygen atoms in total. The number of aliphatic hydroxyl groups is 1. The molecule has 1 aliphatic carbocycles. The molecular weight excluding hydrogens is 438 g/mol. The van der Waals surface area contributed by atoms with E-state index in [1.165, 1.54) is 35.2 Å². The molecule has 1 aliphatic heterocycles. The molecule has 1 aromatic carbocycles. The van der Waals surface area contributed by atoms with Gasteiger partial charge in [-0.1, -0.05) is 43.7 Å². The van der Waals surface area contributed by atoms with Crippen LogP contribution in [-0.2, 0) is 19.5 Å². The van der Waals surface area contributed by atoms with E-state index in [2.05, 4.69) is 0 Å². The maximum Gasteiger partial charge on any atom is 0.244 e. The minimum absolute atomic E-state index is 0.101. The molecule has 8 heteroatoms. The van der Waals surface area contributed by atoms with Crippen LogP contribution in [0.1, 0.15) is 33.1 Å². The first-order chi connectivity index (χ1) is 14.8. The predicted molar refractivity (Wildman–Crippen MR) is 120 cm³/mol. The summed E-state index contributed by atoms with van der Waals surface area (Å²) in [5.41, 5.74) is 0.868. The number of halogens is 1. The van der Waals surface area contributed by atoms with Crippen LogP contribution in [0.3, 0.4) is 0 Å². The third-order valence-electron chi connectivity index (χ3n) is 5.15. The van der Waals surface area contributed by atoms with Crippen LogP contribution in [0.5, 0.6) is 0 Å². The second-order valence-corrected chi connectivity index (χ2v) is 10.2. The number of hydrogen-bond acceptors (Lipinski definition) is 5. The average Bonchev–Trinajstić information content (AvgIpc) is 2.77. The Hall–Kier alpha value is -2.06. The van der Waals surface area contributed by atoms with Gasteiger partial charge in [0, 0.05) is 11.1 Å². The highest BCUT2D eigenvalue weighted by atomic mass is 35.5. The molecule has 0 bridgehead atoms. The largest absolute Gasteiger partial charge is 0.466 e. The summed E-state index contributed by atoms with van der Waals surface area (Å²) >= 11 is 5.99. The number of hydrogen-bond donors (Lipinski definition) is 1. The second kappa shape index (κ2) is 10.5. The summed E-state index contributed by atoms with van der Waals surface area (Å²) in [7, 11) is -4.02. The molecule has 2 atom stereocenters. The van der Waals surface area contributed by atoms with E-state index in [4.69, 9.17) is 21.1 Å². The monoisotopic (exact) mass is 465 g/mol. The van der Waals surface area contributed by atoms with E-state index < -0.39 is 22.1 Å². The lowest BCUT2D eigenvalue weighted by atomic mass is 9.94. The maximum atomic E-state index is 13.9. The predicted octanol–water partition coefficient (Wildman–Crippen LogP) is 4.74. The van der Waals surface area contributed by atoms with Crippen LogP contribution in [0.15, 0.2) is 77.5 Å². The third kappa shape index (κ3) is 5.60. The fourth-order valence-electron chi connectivity index (χ4n) is 3.80. The Morgan fingerprint density at radius 2 is 1.94 bits per heavy atom. The van der Waals surface area contributed by atoms with Gasteiger partial charge in [-0.25, -0.2) is 8.42 Å². The second-order valence-electron chi connectivity index (χ2n) is 7.91. The van der Waals surface area contributed by atoms with Gasteiger partial charge in [-0.3, -0.25) is 0 Å². The van der Waals surface area contributed by atoms with Gasteiger partial charge < -0.3 is 14.6 Å². The number of sulfonamides is 1. The molecule has 0 spiro atoms. The molecule has 0 radical (unpaired) electrons. The van der Waals surface area contributed by atoms with Crippen molar-refractivity contribution in [3.8, 4) is 0 Å². The van der Waals surface area contributed by atoms with Crippen LogP contribution in [0.25, 0.3) is 0 Å². The molecule has 168 valence electrons. The molecule has 2 aliphatic rings. The number of ether oxygens (including phenoxy) is 2. The third-order valence-corrected chi connectivity index (χ3v) is 7.33. The van der Waals surface area contributed by atoms with E-state index in [0.717, 1.165) is 12.0 Å². The lowest BCUT2D eigenvalue weighted by molar-refractivity contribution is 0.131. The first-order valence-corrected chi connectivity index (χ1v) is 12.1. The van der Waals surface area contributed by atoms with Crippen LogP contribution in [-0.4, -0.2) is 36.5 Å². The van der Waals surface area contributed by atoms with Gasteiger partial charge in [0.05, 0.1) is 11.5 Å². The minimum Gasteiger partial charge on any atom is -0.466 e. The highest BCUT2D eigenvalue weighted by molar-refractivity contribution is 7.89. The molecule has 0 saturated heterocycles. The zero-order valence-corrected chi connectivity index (χ0v) is 19.2. The summed E-state index contributed by atoms with van der Waals surface area (Å²) in [6.45, 7) is 3.67. The van der Waals surface area contributed by atoms with E-state index in [1.54, 1.807) is 12.1 Å².